The number of rotatable bonds is 1. The molecule has 2 rings (SSSR count). The summed E-state index contributed by atoms with van der Waals surface area (Å²) in [6, 6.07) is 7.19. The molecule has 15 heavy (non-hydrogen) atoms. The van der Waals surface area contributed by atoms with E-state index in [1.165, 1.54) is 0 Å². The van der Waals surface area contributed by atoms with Gasteiger partial charge in [0.15, 0.2) is 2.75 Å². The summed E-state index contributed by atoms with van der Waals surface area (Å²) in [4.78, 5) is 0. The van der Waals surface area contributed by atoms with Crippen molar-refractivity contribution in [1.29, 1.82) is 0 Å². The fraction of sp³-hybridized carbons (Fsp3) is 0.200. The highest BCUT2D eigenvalue weighted by molar-refractivity contribution is 14.1. The zero-order valence-corrected chi connectivity index (χ0v) is 10.7. The minimum Gasteiger partial charge on any atom is -0.284 e. The lowest BCUT2D eigenvalue weighted by Gasteiger charge is -2.27. The maximum Gasteiger partial charge on any atom is 0.284 e. The zero-order chi connectivity index (χ0) is 11.1. The number of hydrogen-bond acceptors (Lipinski definition) is 2. The quantitative estimate of drug-likeness (QED) is 0.487. The first-order valence-corrected chi connectivity index (χ1v) is 6.89. The fourth-order valence-electron chi connectivity index (χ4n) is 1.67. The average molecular weight is 336 g/mol. The summed E-state index contributed by atoms with van der Waals surface area (Å²) in [5, 5.41) is 0. The third-order valence-electron chi connectivity index (χ3n) is 2.45. The predicted molar refractivity (Wildman–Crippen MR) is 67.3 cm³/mol. The summed E-state index contributed by atoms with van der Waals surface area (Å²) in [5.41, 5.74) is 1.49. The lowest BCUT2D eigenvalue weighted by molar-refractivity contribution is 0.465. The lowest BCUT2D eigenvalue weighted by atomic mass is 9.97. The van der Waals surface area contributed by atoms with Gasteiger partial charge in [0.25, 0.3) is 10.1 Å². The molecular weight excluding hydrogens is 327 g/mol. The van der Waals surface area contributed by atoms with Crippen LogP contribution in [0.1, 0.15) is 17.5 Å². The summed E-state index contributed by atoms with van der Waals surface area (Å²) in [6.07, 6.45) is 3.93. The van der Waals surface area contributed by atoms with Gasteiger partial charge in [-0.2, -0.15) is 8.42 Å². The Labute approximate surface area is 102 Å². The van der Waals surface area contributed by atoms with Crippen LogP contribution in [-0.4, -0.2) is 13.0 Å². The third kappa shape index (κ3) is 1.72. The van der Waals surface area contributed by atoms with Crippen molar-refractivity contribution < 1.29 is 13.0 Å². The highest BCUT2D eigenvalue weighted by atomic mass is 127. The van der Waals surface area contributed by atoms with E-state index < -0.39 is 12.9 Å². The van der Waals surface area contributed by atoms with Gasteiger partial charge in [-0.05, 0) is 11.1 Å². The first kappa shape index (κ1) is 11.1. The molecule has 0 saturated carbocycles. The molecule has 1 unspecified atom stereocenters. The number of allylic oxidation sites excluding steroid dienone is 1. The average Bonchev–Trinajstić information content (AvgIpc) is 2.17. The van der Waals surface area contributed by atoms with Gasteiger partial charge in [0.2, 0.25) is 0 Å². The fourth-order valence-corrected chi connectivity index (χ4v) is 3.19. The number of benzene rings is 1. The van der Waals surface area contributed by atoms with E-state index in [-0.39, 0.29) is 0 Å². The molecule has 3 nitrogen and oxygen atoms in total. The minimum absolute atomic E-state index is 0.295. The summed E-state index contributed by atoms with van der Waals surface area (Å²) in [6.45, 7) is 0. The van der Waals surface area contributed by atoms with Crippen LogP contribution in [0.5, 0.6) is 0 Å². The van der Waals surface area contributed by atoms with E-state index in [9.17, 15) is 13.0 Å². The Morgan fingerprint density at radius 1 is 1.33 bits per heavy atom. The molecular formula is C10H9IO3S. The van der Waals surface area contributed by atoms with Crippen LogP contribution in [-0.2, 0) is 12.9 Å². The normalized spacial score (nSPS) is 24.9. The molecule has 0 amide bonds. The standard InChI is InChI=1S/C10H9IO3S/c11-10(15(12,13)14)7-3-5-8-4-1-2-6-9(8)10/h1-6H,7H2,(H,12,13,14). The first-order chi connectivity index (χ1) is 6.95. The monoisotopic (exact) mass is 336 g/mol. The van der Waals surface area contributed by atoms with Gasteiger partial charge < -0.3 is 0 Å². The smallest absolute Gasteiger partial charge is 0.284 e. The van der Waals surface area contributed by atoms with Crippen molar-refractivity contribution in [2.75, 3.05) is 0 Å². The molecule has 0 aliphatic heterocycles. The molecule has 0 spiro atoms. The molecule has 1 aliphatic rings. The Morgan fingerprint density at radius 2 is 2.00 bits per heavy atom. The van der Waals surface area contributed by atoms with Crippen molar-refractivity contribution >= 4 is 38.8 Å². The second-order valence-electron chi connectivity index (χ2n) is 3.40. The zero-order valence-electron chi connectivity index (χ0n) is 7.72. The topological polar surface area (TPSA) is 54.4 Å². The molecule has 0 radical (unpaired) electrons. The molecule has 0 saturated heterocycles. The molecule has 1 atom stereocenters. The third-order valence-corrected chi connectivity index (χ3v) is 6.35. The second-order valence-corrected chi connectivity index (χ2v) is 7.62. The van der Waals surface area contributed by atoms with E-state index in [1.807, 2.05) is 18.2 Å². The van der Waals surface area contributed by atoms with Crippen LogP contribution in [0.3, 0.4) is 0 Å². The SMILES string of the molecule is O=S(=O)(O)C1(I)CC=Cc2ccccc21. The molecule has 0 fully saturated rings. The highest BCUT2D eigenvalue weighted by Gasteiger charge is 2.43. The van der Waals surface area contributed by atoms with E-state index in [0.29, 0.717) is 12.0 Å². The van der Waals surface area contributed by atoms with Crippen LogP contribution in [0.2, 0.25) is 0 Å². The van der Waals surface area contributed by atoms with Gasteiger partial charge in [-0.3, -0.25) is 4.55 Å². The number of alkyl halides is 1. The van der Waals surface area contributed by atoms with Gasteiger partial charge in [0.1, 0.15) is 0 Å². The first-order valence-electron chi connectivity index (χ1n) is 4.37. The Hall–Kier alpha value is -0.400. The lowest BCUT2D eigenvalue weighted by Crippen LogP contribution is -2.30. The van der Waals surface area contributed by atoms with Crippen molar-refractivity contribution in [1.82, 2.24) is 0 Å². The van der Waals surface area contributed by atoms with E-state index in [0.717, 1.165) is 5.56 Å². The Kier molecular flexibility index (Phi) is 2.64. The molecule has 0 heterocycles. The van der Waals surface area contributed by atoms with E-state index in [4.69, 9.17) is 0 Å². The van der Waals surface area contributed by atoms with Gasteiger partial charge in [-0.25, -0.2) is 0 Å². The molecule has 1 aliphatic carbocycles. The van der Waals surface area contributed by atoms with Gasteiger partial charge in [0, 0.05) is 6.42 Å². The van der Waals surface area contributed by atoms with Gasteiger partial charge >= 0.3 is 0 Å². The van der Waals surface area contributed by atoms with Crippen molar-refractivity contribution in [2.45, 2.75) is 9.17 Å². The molecule has 1 aromatic rings. The van der Waals surface area contributed by atoms with Crippen molar-refractivity contribution in [3.05, 3.63) is 41.5 Å². The van der Waals surface area contributed by atoms with Gasteiger partial charge in [-0.1, -0.05) is 59.0 Å². The van der Waals surface area contributed by atoms with E-state index in [2.05, 4.69) is 0 Å². The van der Waals surface area contributed by atoms with E-state index in [1.54, 1.807) is 40.8 Å². The Bertz CT molecular complexity index is 521. The van der Waals surface area contributed by atoms with Crippen LogP contribution in [0, 0.1) is 0 Å². The van der Waals surface area contributed by atoms with Gasteiger partial charge in [-0.15, -0.1) is 0 Å². The maximum atomic E-state index is 11.4. The number of hydrogen-bond donors (Lipinski definition) is 1. The van der Waals surface area contributed by atoms with Crippen LogP contribution in [0.15, 0.2) is 30.3 Å². The second kappa shape index (κ2) is 3.57. The Balaban J connectivity index is 2.71. The molecule has 1 N–H and O–H groups in total. The molecule has 80 valence electrons. The summed E-state index contributed by atoms with van der Waals surface area (Å²) in [7, 11) is -4.10. The Morgan fingerprint density at radius 3 is 2.67 bits per heavy atom. The van der Waals surface area contributed by atoms with Crippen LogP contribution in [0.25, 0.3) is 6.08 Å². The molecule has 5 heteroatoms. The number of fused-ring (bicyclic) bond motifs is 1. The highest BCUT2D eigenvalue weighted by Crippen LogP contribution is 2.45. The van der Waals surface area contributed by atoms with E-state index >= 15 is 0 Å². The largest absolute Gasteiger partial charge is 0.284 e. The molecule has 1 aromatic carbocycles. The summed E-state index contributed by atoms with van der Waals surface area (Å²) in [5.74, 6) is 0. The van der Waals surface area contributed by atoms with Crippen molar-refractivity contribution in [2.24, 2.45) is 0 Å². The maximum absolute atomic E-state index is 11.4. The summed E-state index contributed by atoms with van der Waals surface area (Å²) >= 11 is 1.80. The summed E-state index contributed by atoms with van der Waals surface area (Å²) < 4.78 is 30.8. The predicted octanol–water partition coefficient (Wildman–Crippen LogP) is 2.58. The van der Waals surface area contributed by atoms with Crippen molar-refractivity contribution in [3.8, 4) is 0 Å². The number of halogens is 1. The molecule has 0 aromatic heterocycles. The molecule has 0 bridgehead atoms. The van der Waals surface area contributed by atoms with Crippen LogP contribution >= 0.6 is 22.6 Å². The van der Waals surface area contributed by atoms with Gasteiger partial charge in [0.05, 0.1) is 0 Å². The minimum atomic E-state index is -4.10. The van der Waals surface area contributed by atoms with Crippen molar-refractivity contribution in [3.63, 3.8) is 0 Å². The van der Waals surface area contributed by atoms with Crippen LogP contribution in [0.4, 0.5) is 0 Å². The van der Waals surface area contributed by atoms with Crippen LogP contribution < -0.4 is 0 Å².